The first-order chi connectivity index (χ1) is 9.60. The van der Waals surface area contributed by atoms with Crippen molar-refractivity contribution in [1.29, 1.82) is 0 Å². The summed E-state index contributed by atoms with van der Waals surface area (Å²) in [5.41, 5.74) is 1.05. The minimum atomic E-state index is -0.635. The molecular formula is C13H15FN4O2. The summed E-state index contributed by atoms with van der Waals surface area (Å²) in [5, 5.41) is 17.8. The van der Waals surface area contributed by atoms with Crippen molar-refractivity contribution in [2.24, 2.45) is 0 Å². The van der Waals surface area contributed by atoms with Crippen LogP contribution in [0.1, 0.15) is 19.0 Å². The monoisotopic (exact) mass is 278 g/mol. The van der Waals surface area contributed by atoms with Gasteiger partial charge in [0.25, 0.3) is 5.69 Å². The average molecular weight is 278 g/mol. The molecule has 2 rings (SSSR count). The fourth-order valence-electron chi connectivity index (χ4n) is 1.90. The predicted molar refractivity (Wildman–Crippen MR) is 72.9 cm³/mol. The van der Waals surface area contributed by atoms with Crippen molar-refractivity contribution in [2.75, 3.05) is 5.32 Å². The van der Waals surface area contributed by atoms with Crippen LogP contribution in [-0.2, 0) is 13.1 Å². The number of halogens is 1. The third kappa shape index (κ3) is 3.31. The van der Waals surface area contributed by atoms with E-state index >= 15 is 0 Å². The molecule has 1 aromatic heterocycles. The van der Waals surface area contributed by atoms with Crippen LogP contribution in [0.15, 0.2) is 30.5 Å². The summed E-state index contributed by atoms with van der Waals surface area (Å²) < 4.78 is 15.1. The zero-order valence-electron chi connectivity index (χ0n) is 11.0. The number of nitro benzene ring substituents is 1. The second-order valence-corrected chi connectivity index (χ2v) is 4.35. The number of rotatable bonds is 6. The van der Waals surface area contributed by atoms with Crippen molar-refractivity contribution in [3.63, 3.8) is 0 Å². The van der Waals surface area contributed by atoms with Crippen molar-refractivity contribution in [3.8, 4) is 0 Å². The van der Waals surface area contributed by atoms with E-state index in [1.54, 1.807) is 6.20 Å². The quantitative estimate of drug-likeness (QED) is 0.651. The number of nitrogens with one attached hydrogen (secondary N) is 1. The molecule has 0 saturated carbocycles. The molecule has 0 aliphatic heterocycles. The van der Waals surface area contributed by atoms with E-state index < -0.39 is 10.7 Å². The van der Waals surface area contributed by atoms with Gasteiger partial charge in [0.1, 0.15) is 5.82 Å². The van der Waals surface area contributed by atoms with Crippen LogP contribution in [0.25, 0.3) is 0 Å². The maximum Gasteiger partial charge on any atom is 0.274 e. The number of hydrogen-bond acceptors (Lipinski definition) is 4. The van der Waals surface area contributed by atoms with Crippen molar-refractivity contribution >= 4 is 11.4 Å². The molecule has 20 heavy (non-hydrogen) atoms. The summed E-state index contributed by atoms with van der Waals surface area (Å²) in [6.45, 7) is 3.28. The van der Waals surface area contributed by atoms with Crippen molar-refractivity contribution < 1.29 is 9.31 Å². The second kappa shape index (κ2) is 6.14. The van der Waals surface area contributed by atoms with Crippen LogP contribution in [0.4, 0.5) is 15.8 Å². The molecule has 0 unspecified atom stereocenters. The van der Waals surface area contributed by atoms with Gasteiger partial charge >= 0.3 is 0 Å². The molecule has 1 aromatic carbocycles. The minimum Gasteiger partial charge on any atom is -0.379 e. The van der Waals surface area contributed by atoms with Crippen molar-refractivity contribution in [2.45, 2.75) is 26.4 Å². The Bertz CT molecular complexity index is 612. The summed E-state index contributed by atoms with van der Waals surface area (Å²) in [6, 6.07) is 5.29. The van der Waals surface area contributed by atoms with Crippen molar-refractivity contribution in [3.05, 3.63) is 52.1 Å². The first kappa shape index (κ1) is 14.0. The molecular weight excluding hydrogens is 263 g/mol. The normalized spacial score (nSPS) is 10.5. The van der Waals surface area contributed by atoms with Gasteiger partial charge in [-0.15, -0.1) is 0 Å². The molecule has 0 aliphatic rings. The van der Waals surface area contributed by atoms with Gasteiger partial charge in [0, 0.05) is 24.5 Å². The van der Waals surface area contributed by atoms with Crippen LogP contribution in [0.3, 0.4) is 0 Å². The number of benzene rings is 1. The number of anilines is 1. The van der Waals surface area contributed by atoms with Gasteiger partial charge in [-0.1, -0.05) is 6.92 Å². The summed E-state index contributed by atoms with van der Waals surface area (Å²) in [6.07, 6.45) is 2.65. The van der Waals surface area contributed by atoms with Crippen LogP contribution < -0.4 is 5.32 Å². The Morgan fingerprint density at radius 1 is 1.45 bits per heavy atom. The molecule has 1 heterocycles. The first-order valence-electron chi connectivity index (χ1n) is 6.29. The Kier molecular flexibility index (Phi) is 4.29. The highest BCUT2D eigenvalue weighted by Crippen LogP contribution is 2.20. The van der Waals surface area contributed by atoms with E-state index in [4.69, 9.17) is 0 Å². The maximum atomic E-state index is 13.3. The zero-order valence-corrected chi connectivity index (χ0v) is 11.0. The number of nitrogens with zero attached hydrogens (tertiary/aromatic N) is 3. The van der Waals surface area contributed by atoms with Gasteiger partial charge in [0.05, 0.1) is 23.2 Å². The SMILES string of the molecule is CCCn1nccc1CNc1cc(F)cc([N+](=O)[O-])c1. The van der Waals surface area contributed by atoms with E-state index in [1.165, 1.54) is 12.1 Å². The highest BCUT2D eigenvalue weighted by atomic mass is 19.1. The standard InChI is InChI=1S/C13H15FN4O2/c1-2-5-17-12(3-4-16-17)9-15-11-6-10(14)7-13(8-11)18(19)20/h3-4,6-8,15H,2,5,9H2,1H3. The maximum absolute atomic E-state index is 13.3. The lowest BCUT2D eigenvalue weighted by Crippen LogP contribution is -2.09. The molecule has 0 fully saturated rings. The molecule has 7 heteroatoms. The molecule has 0 atom stereocenters. The number of aryl methyl sites for hydroxylation is 1. The molecule has 0 aliphatic carbocycles. The highest BCUT2D eigenvalue weighted by Gasteiger charge is 2.10. The molecule has 0 radical (unpaired) electrons. The number of nitro groups is 1. The van der Waals surface area contributed by atoms with Crippen LogP contribution in [0, 0.1) is 15.9 Å². The Morgan fingerprint density at radius 2 is 2.25 bits per heavy atom. The van der Waals surface area contributed by atoms with Gasteiger partial charge in [-0.05, 0) is 18.6 Å². The lowest BCUT2D eigenvalue weighted by atomic mass is 10.2. The van der Waals surface area contributed by atoms with Crippen LogP contribution in [0.2, 0.25) is 0 Å². The van der Waals surface area contributed by atoms with E-state index in [0.717, 1.165) is 24.7 Å². The van der Waals surface area contributed by atoms with Crippen molar-refractivity contribution in [1.82, 2.24) is 9.78 Å². The summed E-state index contributed by atoms with van der Waals surface area (Å²) in [5.74, 6) is -0.635. The van der Waals surface area contributed by atoms with Gasteiger partial charge in [-0.25, -0.2) is 4.39 Å². The third-order valence-corrected chi connectivity index (χ3v) is 2.81. The molecule has 106 valence electrons. The highest BCUT2D eigenvalue weighted by molar-refractivity contribution is 5.51. The average Bonchev–Trinajstić information content (AvgIpc) is 2.83. The van der Waals surface area contributed by atoms with E-state index in [-0.39, 0.29) is 5.69 Å². The van der Waals surface area contributed by atoms with E-state index in [9.17, 15) is 14.5 Å². The van der Waals surface area contributed by atoms with Crippen LogP contribution in [0.5, 0.6) is 0 Å². The smallest absolute Gasteiger partial charge is 0.274 e. The lowest BCUT2D eigenvalue weighted by molar-refractivity contribution is -0.385. The molecule has 0 saturated heterocycles. The summed E-state index contributed by atoms with van der Waals surface area (Å²) in [4.78, 5) is 10.1. The fourth-order valence-corrected chi connectivity index (χ4v) is 1.90. The van der Waals surface area contributed by atoms with Crippen LogP contribution in [-0.4, -0.2) is 14.7 Å². The predicted octanol–water partition coefficient (Wildman–Crippen LogP) is 2.95. The Balaban J connectivity index is 2.10. The first-order valence-corrected chi connectivity index (χ1v) is 6.29. The van der Waals surface area contributed by atoms with Gasteiger partial charge in [0.15, 0.2) is 0 Å². The molecule has 0 spiro atoms. The second-order valence-electron chi connectivity index (χ2n) is 4.35. The van der Waals surface area contributed by atoms with Gasteiger partial charge in [0.2, 0.25) is 0 Å². The Hall–Kier alpha value is -2.44. The number of non-ortho nitro benzene ring substituents is 1. The van der Waals surface area contributed by atoms with Gasteiger partial charge in [-0.3, -0.25) is 14.8 Å². The van der Waals surface area contributed by atoms with Crippen LogP contribution >= 0.6 is 0 Å². The fraction of sp³-hybridized carbons (Fsp3) is 0.308. The van der Waals surface area contributed by atoms with E-state index in [1.807, 2.05) is 10.7 Å². The Labute approximate surface area is 115 Å². The molecule has 1 N–H and O–H groups in total. The number of hydrogen-bond donors (Lipinski definition) is 1. The van der Waals surface area contributed by atoms with Gasteiger partial charge < -0.3 is 5.32 Å². The zero-order chi connectivity index (χ0) is 14.5. The topological polar surface area (TPSA) is 73.0 Å². The number of aromatic nitrogens is 2. The Morgan fingerprint density at radius 3 is 2.95 bits per heavy atom. The summed E-state index contributed by atoms with van der Waals surface area (Å²) >= 11 is 0. The third-order valence-electron chi connectivity index (χ3n) is 2.81. The van der Waals surface area contributed by atoms with E-state index in [2.05, 4.69) is 17.3 Å². The largest absolute Gasteiger partial charge is 0.379 e. The lowest BCUT2D eigenvalue weighted by Gasteiger charge is -2.09. The summed E-state index contributed by atoms with van der Waals surface area (Å²) in [7, 11) is 0. The molecule has 0 bridgehead atoms. The van der Waals surface area contributed by atoms with Gasteiger partial charge in [-0.2, -0.15) is 5.10 Å². The molecule has 6 nitrogen and oxygen atoms in total. The molecule has 0 amide bonds. The molecule has 2 aromatic rings. The van der Waals surface area contributed by atoms with E-state index in [0.29, 0.717) is 12.2 Å². The minimum absolute atomic E-state index is 0.269.